The minimum absolute atomic E-state index is 0.0367. The normalized spacial score (nSPS) is 24.0. The van der Waals surface area contributed by atoms with Crippen molar-refractivity contribution >= 4 is 11.9 Å². The summed E-state index contributed by atoms with van der Waals surface area (Å²) in [5.74, 6) is 0.273. The van der Waals surface area contributed by atoms with E-state index in [-0.39, 0.29) is 23.5 Å². The predicted octanol–water partition coefficient (Wildman–Crippen LogP) is 1.83. The SMILES string of the molecule is O=C(CC1COC2(C1)CN(C(=O)NC1CCCC1)C2)NCc1ccncc1. The highest BCUT2D eigenvalue weighted by molar-refractivity contribution is 5.77. The van der Waals surface area contributed by atoms with Crippen LogP contribution in [0.2, 0.25) is 0 Å². The standard InChI is InChI=1S/C20H28N4O3/c25-18(22-11-15-5-7-21-8-6-15)9-16-10-20(27-12-16)13-24(14-20)19(26)23-17-3-1-2-4-17/h5-8,16-17H,1-4,9-14H2,(H,22,25)(H,23,26). The van der Waals surface area contributed by atoms with Crippen LogP contribution < -0.4 is 10.6 Å². The van der Waals surface area contributed by atoms with Crippen molar-refractivity contribution in [2.45, 2.75) is 56.7 Å². The number of urea groups is 1. The number of ether oxygens (including phenoxy) is 1. The summed E-state index contributed by atoms with van der Waals surface area (Å²) in [7, 11) is 0. The van der Waals surface area contributed by atoms with Crippen LogP contribution in [0.25, 0.3) is 0 Å². The van der Waals surface area contributed by atoms with Gasteiger partial charge in [0.1, 0.15) is 5.60 Å². The molecule has 1 aromatic heterocycles. The van der Waals surface area contributed by atoms with Gasteiger partial charge in [0.25, 0.3) is 0 Å². The summed E-state index contributed by atoms with van der Waals surface area (Å²) in [4.78, 5) is 30.3. The van der Waals surface area contributed by atoms with Crippen LogP contribution in [0, 0.1) is 5.92 Å². The summed E-state index contributed by atoms with van der Waals surface area (Å²) in [5, 5.41) is 6.09. The molecule has 2 N–H and O–H groups in total. The molecule has 2 saturated heterocycles. The van der Waals surface area contributed by atoms with Gasteiger partial charge in [-0.05, 0) is 42.9 Å². The van der Waals surface area contributed by atoms with E-state index in [2.05, 4.69) is 15.6 Å². The molecule has 4 rings (SSSR count). The first kappa shape index (κ1) is 18.2. The number of carbonyl (C=O) groups excluding carboxylic acids is 2. The fraction of sp³-hybridized carbons (Fsp3) is 0.650. The summed E-state index contributed by atoms with van der Waals surface area (Å²) in [6, 6.07) is 4.17. The van der Waals surface area contributed by atoms with Crippen LogP contribution in [0.5, 0.6) is 0 Å². The van der Waals surface area contributed by atoms with Gasteiger partial charge in [-0.3, -0.25) is 9.78 Å². The van der Waals surface area contributed by atoms with Crippen molar-refractivity contribution in [3.05, 3.63) is 30.1 Å². The molecule has 27 heavy (non-hydrogen) atoms. The maximum atomic E-state index is 12.3. The number of likely N-dealkylation sites (tertiary alicyclic amines) is 1. The van der Waals surface area contributed by atoms with Gasteiger partial charge in [0, 0.05) is 31.4 Å². The topological polar surface area (TPSA) is 83.6 Å². The number of nitrogens with one attached hydrogen (secondary N) is 2. The van der Waals surface area contributed by atoms with E-state index < -0.39 is 0 Å². The Labute approximate surface area is 159 Å². The zero-order valence-corrected chi connectivity index (χ0v) is 15.7. The molecule has 3 fully saturated rings. The van der Waals surface area contributed by atoms with Crippen LogP contribution in [0.3, 0.4) is 0 Å². The third-order valence-corrected chi connectivity index (χ3v) is 5.93. The Balaban J connectivity index is 1.17. The van der Waals surface area contributed by atoms with Crippen molar-refractivity contribution < 1.29 is 14.3 Å². The molecule has 2 aliphatic heterocycles. The molecule has 3 heterocycles. The number of rotatable bonds is 5. The smallest absolute Gasteiger partial charge is 0.317 e. The van der Waals surface area contributed by atoms with Gasteiger partial charge < -0.3 is 20.3 Å². The van der Waals surface area contributed by atoms with Crippen LogP contribution >= 0.6 is 0 Å². The molecule has 7 heteroatoms. The average Bonchev–Trinajstić information content (AvgIpc) is 3.29. The van der Waals surface area contributed by atoms with Gasteiger partial charge in [0.15, 0.2) is 0 Å². The molecule has 1 aromatic rings. The quantitative estimate of drug-likeness (QED) is 0.826. The van der Waals surface area contributed by atoms with Gasteiger partial charge in [0.2, 0.25) is 5.91 Å². The van der Waals surface area contributed by atoms with Crippen LogP contribution in [0.4, 0.5) is 4.79 Å². The second-order valence-corrected chi connectivity index (χ2v) is 8.19. The number of nitrogens with zero attached hydrogens (tertiary/aromatic N) is 2. The third-order valence-electron chi connectivity index (χ3n) is 5.93. The van der Waals surface area contributed by atoms with E-state index in [1.807, 2.05) is 17.0 Å². The highest BCUT2D eigenvalue weighted by Gasteiger charge is 2.51. The van der Waals surface area contributed by atoms with E-state index in [0.29, 0.717) is 38.7 Å². The molecule has 1 unspecified atom stereocenters. The predicted molar refractivity (Wildman–Crippen MR) is 99.9 cm³/mol. The van der Waals surface area contributed by atoms with Crippen LogP contribution in [-0.4, -0.2) is 53.2 Å². The van der Waals surface area contributed by atoms with Crippen molar-refractivity contribution in [3.8, 4) is 0 Å². The molecular weight excluding hydrogens is 344 g/mol. The van der Waals surface area contributed by atoms with E-state index >= 15 is 0 Å². The van der Waals surface area contributed by atoms with Crippen molar-refractivity contribution in [1.29, 1.82) is 0 Å². The molecular formula is C20H28N4O3. The number of hydrogen-bond acceptors (Lipinski definition) is 4. The zero-order valence-electron chi connectivity index (χ0n) is 15.7. The number of amides is 3. The fourth-order valence-corrected chi connectivity index (χ4v) is 4.45. The Hall–Kier alpha value is -2.15. The van der Waals surface area contributed by atoms with Gasteiger partial charge in [-0.15, -0.1) is 0 Å². The molecule has 3 aliphatic rings. The summed E-state index contributed by atoms with van der Waals surface area (Å²) in [5.41, 5.74) is 0.809. The molecule has 1 saturated carbocycles. The monoisotopic (exact) mass is 372 g/mol. The zero-order chi connectivity index (χ0) is 18.7. The maximum Gasteiger partial charge on any atom is 0.317 e. The molecule has 146 valence electrons. The van der Waals surface area contributed by atoms with Gasteiger partial charge in [-0.1, -0.05) is 12.8 Å². The summed E-state index contributed by atoms with van der Waals surface area (Å²) in [6.07, 6.45) is 9.38. The van der Waals surface area contributed by atoms with Crippen LogP contribution in [0.15, 0.2) is 24.5 Å². The second kappa shape index (κ2) is 7.84. The fourth-order valence-electron chi connectivity index (χ4n) is 4.45. The molecule has 0 aromatic carbocycles. The minimum Gasteiger partial charge on any atom is -0.371 e. The highest BCUT2D eigenvalue weighted by atomic mass is 16.5. The Morgan fingerprint density at radius 3 is 2.70 bits per heavy atom. The van der Waals surface area contributed by atoms with E-state index in [0.717, 1.165) is 24.8 Å². The Kier molecular flexibility index (Phi) is 5.29. The summed E-state index contributed by atoms with van der Waals surface area (Å²) < 4.78 is 5.99. The largest absolute Gasteiger partial charge is 0.371 e. The lowest BCUT2D eigenvalue weighted by atomic mass is 9.86. The number of hydrogen-bond donors (Lipinski definition) is 2. The minimum atomic E-state index is -0.233. The molecule has 0 bridgehead atoms. The number of pyridine rings is 1. The Morgan fingerprint density at radius 1 is 1.22 bits per heavy atom. The van der Waals surface area contributed by atoms with Crippen molar-refractivity contribution in [3.63, 3.8) is 0 Å². The van der Waals surface area contributed by atoms with Crippen LogP contribution in [0.1, 0.15) is 44.1 Å². The van der Waals surface area contributed by atoms with E-state index in [4.69, 9.17) is 4.74 Å². The average molecular weight is 372 g/mol. The number of aromatic nitrogens is 1. The van der Waals surface area contributed by atoms with Crippen molar-refractivity contribution in [2.75, 3.05) is 19.7 Å². The molecule has 1 aliphatic carbocycles. The summed E-state index contributed by atoms with van der Waals surface area (Å²) >= 11 is 0. The van der Waals surface area contributed by atoms with Gasteiger partial charge >= 0.3 is 6.03 Å². The molecule has 3 amide bonds. The summed E-state index contributed by atoms with van der Waals surface area (Å²) in [6.45, 7) is 2.40. The molecule has 1 spiro atoms. The number of carbonyl (C=O) groups is 2. The van der Waals surface area contributed by atoms with Gasteiger partial charge in [-0.25, -0.2) is 4.79 Å². The van der Waals surface area contributed by atoms with Crippen molar-refractivity contribution in [1.82, 2.24) is 20.5 Å². The molecule has 0 radical (unpaired) electrons. The van der Waals surface area contributed by atoms with E-state index in [1.165, 1.54) is 12.8 Å². The highest BCUT2D eigenvalue weighted by Crippen LogP contribution is 2.39. The van der Waals surface area contributed by atoms with E-state index in [1.54, 1.807) is 12.4 Å². The third kappa shape index (κ3) is 4.40. The van der Waals surface area contributed by atoms with Gasteiger partial charge in [0.05, 0.1) is 19.7 Å². The van der Waals surface area contributed by atoms with Crippen molar-refractivity contribution in [2.24, 2.45) is 5.92 Å². The van der Waals surface area contributed by atoms with Gasteiger partial charge in [-0.2, -0.15) is 0 Å². The lowest BCUT2D eigenvalue weighted by Gasteiger charge is -2.47. The lowest BCUT2D eigenvalue weighted by Crippen LogP contribution is -2.65. The van der Waals surface area contributed by atoms with E-state index in [9.17, 15) is 9.59 Å². The first-order valence-electron chi connectivity index (χ1n) is 9.97. The maximum absolute atomic E-state index is 12.3. The Bertz CT molecular complexity index is 669. The Morgan fingerprint density at radius 2 is 1.96 bits per heavy atom. The second-order valence-electron chi connectivity index (χ2n) is 8.19. The lowest BCUT2D eigenvalue weighted by molar-refractivity contribution is -0.122. The van der Waals surface area contributed by atoms with Crippen LogP contribution in [-0.2, 0) is 16.1 Å². The first-order valence-corrected chi connectivity index (χ1v) is 9.97. The first-order chi connectivity index (χ1) is 13.1. The molecule has 7 nitrogen and oxygen atoms in total. The molecule has 1 atom stereocenters.